The van der Waals surface area contributed by atoms with Crippen molar-refractivity contribution in [3.8, 4) is 5.75 Å². The summed E-state index contributed by atoms with van der Waals surface area (Å²) in [4.78, 5) is 23.3. The van der Waals surface area contributed by atoms with Gasteiger partial charge in [-0.2, -0.15) is 5.10 Å². The third-order valence-electron chi connectivity index (χ3n) is 4.04. The Morgan fingerprint density at radius 1 is 1.03 bits per heavy atom. The molecule has 3 aromatic rings. The Hall–Kier alpha value is -3.58. The van der Waals surface area contributed by atoms with E-state index in [1.807, 2.05) is 12.1 Å². The highest BCUT2D eigenvalue weighted by molar-refractivity contribution is 6.32. The van der Waals surface area contributed by atoms with E-state index in [9.17, 15) is 9.59 Å². The van der Waals surface area contributed by atoms with E-state index in [0.717, 1.165) is 5.56 Å². The average molecular weight is 426 g/mol. The molecule has 0 aliphatic carbocycles. The number of para-hydroxylation sites is 1. The van der Waals surface area contributed by atoms with Gasteiger partial charge in [0.05, 0.1) is 10.7 Å². The number of amides is 2. The molecule has 0 unspecified atom stereocenters. The summed E-state index contributed by atoms with van der Waals surface area (Å²) in [6, 6.07) is 17.4. The summed E-state index contributed by atoms with van der Waals surface area (Å²) >= 11 is 6.05. The Morgan fingerprint density at radius 2 is 1.77 bits per heavy atom. The smallest absolute Gasteiger partial charge is 0.307 e. The van der Waals surface area contributed by atoms with Gasteiger partial charge in [0, 0.05) is 12.6 Å². The van der Waals surface area contributed by atoms with Gasteiger partial charge in [-0.1, -0.05) is 35.9 Å². The number of hydrogen-bond acceptors (Lipinski definition) is 5. The highest BCUT2D eigenvalue weighted by Crippen LogP contribution is 2.24. The van der Waals surface area contributed by atoms with E-state index in [2.05, 4.69) is 15.8 Å². The first kappa shape index (κ1) is 21.1. The highest BCUT2D eigenvalue weighted by atomic mass is 35.5. The van der Waals surface area contributed by atoms with Gasteiger partial charge >= 0.3 is 5.91 Å². The third-order valence-corrected chi connectivity index (χ3v) is 4.35. The molecule has 2 amide bonds. The predicted octanol–water partition coefficient (Wildman–Crippen LogP) is 4.62. The van der Waals surface area contributed by atoms with Crippen molar-refractivity contribution in [2.75, 3.05) is 5.32 Å². The first-order valence-corrected chi connectivity index (χ1v) is 9.49. The maximum absolute atomic E-state index is 12.3. The Kier molecular flexibility index (Phi) is 6.87. The molecule has 0 radical (unpaired) electrons. The van der Waals surface area contributed by atoms with Gasteiger partial charge in [0.1, 0.15) is 18.1 Å². The van der Waals surface area contributed by atoms with Gasteiger partial charge in [-0.3, -0.25) is 9.59 Å². The van der Waals surface area contributed by atoms with Crippen LogP contribution in [0.3, 0.4) is 0 Å². The molecule has 0 aliphatic rings. The van der Waals surface area contributed by atoms with Crippen molar-refractivity contribution in [1.29, 1.82) is 0 Å². The van der Waals surface area contributed by atoms with Gasteiger partial charge in [-0.15, -0.1) is 0 Å². The van der Waals surface area contributed by atoms with Crippen molar-refractivity contribution in [2.24, 2.45) is 5.10 Å². The van der Waals surface area contributed by atoms with Crippen molar-refractivity contribution in [1.82, 2.24) is 5.43 Å². The average Bonchev–Trinajstić information content (AvgIpc) is 3.20. The number of nitrogens with zero attached hydrogens (tertiary/aromatic N) is 1. The lowest BCUT2D eigenvalue weighted by molar-refractivity contribution is -0.114. The molecule has 0 saturated heterocycles. The number of halogens is 1. The number of anilines is 1. The first-order chi connectivity index (χ1) is 14.4. The minimum Gasteiger partial charge on any atom is -0.484 e. The molecule has 1 aromatic heterocycles. The molecule has 0 bridgehead atoms. The molecule has 8 heteroatoms. The van der Waals surface area contributed by atoms with E-state index in [4.69, 9.17) is 20.8 Å². The molecule has 0 fully saturated rings. The summed E-state index contributed by atoms with van der Waals surface area (Å²) in [5.74, 6) is 0.509. The van der Waals surface area contributed by atoms with E-state index < -0.39 is 5.91 Å². The van der Waals surface area contributed by atoms with E-state index in [-0.39, 0.29) is 18.3 Å². The van der Waals surface area contributed by atoms with Crippen molar-refractivity contribution in [3.63, 3.8) is 0 Å². The molecular formula is C22H20ClN3O4. The van der Waals surface area contributed by atoms with Crippen molar-refractivity contribution in [2.45, 2.75) is 20.5 Å². The van der Waals surface area contributed by atoms with Crippen molar-refractivity contribution < 1.29 is 18.7 Å². The lowest BCUT2D eigenvalue weighted by atomic mass is 10.1. The number of ether oxygens (including phenoxy) is 1. The maximum atomic E-state index is 12.3. The first-order valence-electron chi connectivity index (χ1n) is 9.11. The minimum atomic E-state index is -0.479. The zero-order chi connectivity index (χ0) is 21.5. The van der Waals surface area contributed by atoms with Crippen LogP contribution in [0.1, 0.15) is 35.7 Å². The number of rotatable bonds is 7. The zero-order valence-corrected chi connectivity index (χ0v) is 17.2. The number of hydrazone groups is 1. The molecule has 0 atom stereocenters. The van der Waals surface area contributed by atoms with Crippen molar-refractivity contribution in [3.05, 3.63) is 82.8 Å². The number of carbonyl (C=O) groups excluding carboxylic acids is 2. The van der Waals surface area contributed by atoms with Gasteiger partial charge in [0.2, 0.25) is 5.91 Å². The summed E-state index contributed by atoms with van der Waals surface area (Å²) in [6.45, 7) is 3.35. The van der Waals surface area contributed by atoms with Crippen LogP contribution in [0.4, 0.5) is 5.69 Å². The van der Waals surface area contributed by atoms with E-state index >= 15 is 0 Å². The van der Waals surface area contributed by atoms with Crippen LogP contribution in [0, 0.1) is 0 Å². The quantitative estimate of drug-likeness (QED) is 0.426. The van der Waals surface area contributed by atoms with Gasteiger partial charge in [0.25, 0.3) is 0 Å². The second-order valence-electron chi connectivity index (χ2n) is 6.38. The lowest BCUT2D eigenvalue weighted by Gasteiger charge is -2.06. The summed E-state index contributed by atoms with van der Waals surface area (Å²) in [7, 11) is 0. The Bertz CT molecular complexity index is 1070. The van der Waals surface area contributed by atoms with Gasteiger partial charge < -0.3 is 14.5 Å². The molecule has 154 valence electrons. The third kappa shape index (κ3) is 5.71. The number of hydrogen-bond donors (Lipinski definition) is 2. The van der Waals surface area contributed by atoms with Crippen LogP contribution >= 0.6 is 11.6 Å². The number of benzene rings is 2. The molecule has 3 rings (SSSR count). The second kappa shape index (κ2) is 9.76. The largest absolute Gasteiger partial charge is 0.484 e. The minimum absolute atomic E-state index is 0.116. The second-order valence-corrected chi connectivity index (χ2v) is 6.79. The van der Waals surface area contributed by atoms with Crippen LogP contribution in [0.5, 0.6) is 5.75 Å². The molecule has 0 saturated carbocycles. The molecule has 0 aliphatic heterocycles. The van der Waals surface area contributed by atoms with Crippen LogP contribution in [-0.4, -0.2) is 17.5 Å². The van der Waals surface area contributed by atoms with Crippen LogP contribution in [-0.2, 0) is 11.4 Å². The number of nitrogens with one attached hydrogen (secondary N) is 2. The van der Waals surface area contributed by atoms with E-state index in [0.29, 0.717) is 27.9 Å². The molecule has 7 nitrogen and oxygen atoms in total. The summed E-state index contributed by atoms with van der Waals surface area (Å²) in [5, 5.41) is 7.28. The normalized spacial score (nSPS) is 11.1. The van der Waals surface area contributed by atoms with Gasteiger partial charge in [-0.25, -0.2) is 5.43 Å². The number of furan rings is 1. The Morgan fingerprint density at radius 3 is 2.47 bits per heavy atom. The van der Waals surface area contributed by atoms with Gasteiger partial charge in [-0.05, 0) is 48.9 Å². The molecule has 2 aromatic carbocycles. The van der Waals surface area contributed by atoms with Gasteiger partial charge in [0.15, 0.2) is 5.76 Å². The van der Waals surface area contributed by atoms with Crippen LogP contribution in [0.2, 0.25) is 5.02 Å². The zero-order valence-electron chi connectivity index (χ0n) is 16.4. The summed E-state index contributed by atoms with van der Waals surface area (Å²) in [5.41, 5.74) is 4.56. The fraction of sp³-hybridized carbons (Fsp3) is 0.136. The van der Waals surface area contributed by atoms with Crippen molar-refractivity contribution >= 4 is 34.8 Å². The molecule has 2 N–H and O–H groups in total. The monoisotopic (exact) mass is 425 g/mol. The number of carbonyl (C=O) groups is 2. The fourth-order valence-corrected chi connectivity index (χ4v) is 2.73. The van der Waals surface area contributed by atoms with E-state index in [1.54, 1.807) is 55.5 Å². The molecular weight excluding hydrogens is 406 g/mol. The van der Waals surface area contributed by atoms with E-state index in [1.165, 1.54) is 6.92 Å². The van der Waals surface area contributed by atoms with Crippen LogP contribution < -0.4 is 15.5 Å². The predicted molar refractivity (Wildman–Crippen MR) is 115 cm³/mol. The SMILES string of the molecule is CC(=O)Nc1ccc(/C(C)=N\NC(=O)c2ccc(COc3ccccc3Cl)o2)cc1. The molecule has 0 spiro atoms. The Balaban J connectivity index is 1.57. The highest BCUT2D eigenvalue weighted by Gasteiger charge is 2.12. The Labute approximate surface area is 178 Å². The summed E-state index contributed by atoms with van der Waals surface area (Å²) < 4.78 is 11.1. The van der Waals surface area contributed by atoms with Crippen LogP contribution in [0.15, 0.2) is 70.2 Å². The van der Waals surface area contributed by atoms with Crippen LogP contribution in [0.25, 0.3) is 0 Å². The fourth-order valence-electron chi connectivity index (χ4n) is 2.54. The summed E-state index contributed by atoms with van der Waals surface area (Å²) in [6.07, 6.45) is 0. The molecule has 1 heterocycles. The maximum Gasteiger partial charge on any atom is 0.307 e. The molecule has 30 heavy (non-hydrogen) atoms. The topological polar surface area (TPSA) is 92.9 Å². The standard InChI is InChI=1S/C22H20ClN3O4/c1-14(16-7-9-17(10-8-16)24-15(2)27)25-26-22(28)21-12-11-18(30-21)13-29-20-6-4-3-5-19(20)23/h3-12H,13H2,1-2H3,(H,24,27)(H,26,28)/b25-14-. The lowest BCUT2D eigenvalue weighted by Crippen LogP contribution is -2.18.